The van der Waals surface area contributed by atoms with Crippen molar-refractivity contribution in [3.05, 3.63) is 59.2 Å². The van der Waals surface area contributed by atoms with E-state index in [1.165, 1.54) is 63.4 Å². The minimum atomic E-state index is -0.444. The van der Waals surface area contributed by atoms with Gasteiger partial charge in [0.2, 0.25) is 0 Å². The number of hydrogen-bond donors (Lipinski definition) is 0. The van der Waals surface area contributed by atoms with Crippen molar-refractivity contribution in [2.75, 3.05) is 13.2 Å². The number of hydrogen-bond acceptors (Lipinski definition) is 4. The predicted octanol–water partition coefficient (Wildman–Crippen LogP) is 8.61. The summed E-state index contributed by atoms with van der Waals surface area (Å²) in [6.07, 6.45) is 21.2. The standard InChI is InChI=1S/C24H38O4.C6H8.Zn/c1-3-5-7-9-11-15-19-27-23(25)21-17-13-14-18-22(21)24(26)28-20-16-12-10-8-6-4-2;1-6-4-2-3-5-6;/h13-14,17-18H,3-12,15-16,19-20H2,1-2H3;2-4H,5H2,1H3;. The van der Waals surface area contributed by atoms with Crippen LogP contribution >= 0.6 is 0 Å². The second-order valence-electron chi connectivity index (χ2n) is 9.00. The summed E-state index contributed by atoms with van der Waals surface area (Å²) >= 11 is 0. The number of unbranched alkanes of at least 4 members (excludes halogenated alkanes) is 10. The molecule has 0 spiro atoms. The van der Waals surface area contributed by atoms with Gasteiger partial charge in [0.25, 0.3) is 0 Å². The fourth-order valence-electron chi connectivity index (χ4n) is 3.64. The number of benzene rings is 1. The molecule has 0 amide bonds. The zero-order valence-electron chi connectivity index (χ0n) is 22.5. The summed E-state index contributed by atoms with van der Waals surface area (Å²) in [5, 5.41) is 0. The van der Waals surface area contributed by atoms with E-state index in [-0.39, 0.29) is 19.5 Å². The van der Waals surface area contributed by atoms with Gasteiger partial charge in [0, 0.05) is 19.5 Å². The summed E-state index contributed by atoms with van der Waals surface area (Å²) in [5.74, 6) is -0.888. The fraction of sp³-hybridized carbons (Fsp3) is 0.600. The molecule has 0 fully saturated rings. The van der Waals surface area contributed by atoms with Crippen LogP contribution in [0.15, 0.2) is 48.1 Å². The van der Waals surface area contributed by atoms with Crippen molar-refractivity contribution in [2.45, 2.75) is 104 Å². The second kappa shape index (κ2) is 22.7. The molecule has 0 aromatic heterocycles. The van der Waals surface area contributed by atoms with Crippen molar-refractivity contribution < 1.29 is 38.5 Å². The zero-order chi connectivity index (χ0) is 24.9. The molecular weight excluding hydrogens is 490 g/mol. The number of rotatable bonds is 16. The molecule has 4 nitrogen and oxygen atoms in total. The summed E-state index contributed by atoms with van der Waals surface area (Å²) in [6.45, 7) is 7.31. The molecule has 1 aliphatic carbocycles. The van der Waals surface area contributed by atoms with Gasteiger partial charge in [-0.2, -0.15) is 0 Å². The van der Waals surface area contributed by atoms with E-state index in [0.29, 0.717) is 24.3 Å². The van der Waals surface area contributed by atoms with Crippen LogP contribution in [-0.2, 0) is 29.0 Å². The predicted molar refractivity (Wildman–Crippen MR) is 141 cm³/mol. The van der Waals surface area contributed by atoms with Gasteiger partial charge in [-0.05, 0) is 38.3 Å². The summed E-state index contributed by atoms with van der Waals surface area (Å²) in [5.41, 5.74) is 2.05. The van der Waals surface area contributed by atoms with Crippen molar-refractivity contribution >= 4 is 11.9 Å². The van der Waals surface area contributed by atoms with Gasteiger partial charge in [-0.15, -0.1) is 0 Å². The summed E-state index contributed by atoms with van der Waals surface area (Å²) in [7, 11) is 0. The van der Waals surface area contributed by atoms with E-state index in [2.05, 4.69) is 39.0 Å². The first-order valence-electron chi connectivity index (χ1n) is 13.4. The van der Waals surface area contributed by atoms with Crippen LogP contribution in [0.3, 0.4) is 0 Å². The number of allylic oxidation sites excluding steroid dienone is 4. The topological polar surface area (TPSA) is 52.6 Å². The third-order valence-corrected chi connectivity index (χ3v) is 5.79. The van der Waals surface area contributed by atoms with Gasteiger partial charge in [0.05, 0.1) is 24.3 Å². The van der Waals surface area contributed by atoms with Gasteiger partial charge in [-0.3, -0.25) is 0 Å². The minimum absolute atomic E-state index is 0. The van der Waals surface area contributed by atoms with Crippen molar-refractivity contribution in [1.29, 1.82) is 0 Å². The van der Waals surface area contributed by atoms with Crippen molar-refractivity contribution in [1.82, 2.24) is 0 Å². The molecule has 35 heavy (non-hydrogen) atoms. The van der Waals surface area contributed by atoms with Gasteiger partial charge in [-0.25, -0.2) is 9.59 Å². The molecule has 1 aromatic carbocycles. The molecule has 0 heterocycles. The Balaban J connectivity index is 0.00000143. The van der Waals surface area contributed by atoms with E-state index >= 15 is 0 Å². The fourth-order valence-corrected chi connectivity index (χ4v) is 3.64. The first kappa shape index (κ1) is 33.3. The van der Waals surface area contributed by atoms with Gasteiger partial charge >= 0.3 is 11.9 Å². The van der Waals surface area contributed by atoms with Crippen LogP contribution in [0.1, 0.15) is 125 Å². The average molecular weight is 536 g/mol. The molecule has 0 aliphatic heterocycles. The van der Waals surface area contributed by atoms with Crippen LogP contribution in [0, 0.1) is 0 Å². The van der Waals surface area contributed by atoms with Gasteiger partial charge in [0.1, 0.15) is 0 Å². The molecule has 5 heteroatoms. The maximum atomic E-state index is 12.4. The Kier molecular flexibility index (Phi) is 21.6. The summed E-state index contributed by atoms with van der Waals surface area (Å²) in [6, 6.07) is 6.74. The Bertz CT molecular complexity index is 705. The van der Waals surface area contributed by atoms with E-state index < -0.39 is 11.9 Å². The van der Waals surface area contributed by atoms with Crippen molar-refractivity contribution in [2.24, 2.45) is 0 Å². The molecule has 192 valence electrons. The molecular formula is C30H46O4Zn. The molecule has 0 atom stereocenters. The molecule has 0 unspecified atom stereocenters. The van der Waals surface area contributed by atoms with Gasteiger partial charge < -0.3 is 9.47 Å². The van der Waals surface area contributed by atoms with Crippen LogP contribution in [0.25, 0.3) is 0 Å². The number of carbonyl (C=O) groups excluding carboxylic acids is 2. The quantitative estimate of drug-likeness (QED) is 0.121. The molecule has 0 saturated heterocycles. The monoisotopic (exact) mass is 534 g/mol. The normalized spacial score (nSPS) is 11.7. The van der Waals surface area contributed by atoms with Gasteiger partial charge in [0.15, 0.2) is 0 Å². The zero-order valence-corrected chi connectivity index (χ0v) is 25.5. The number of esters is 2. The summed E-state index contributed by atoms with van der Waals surface area (Å²) in [4.78, 5) is 24.7. The molecule has 0 N–H and O–H groups in total. The Labute approximate surface area is 226 Å². The SMILES string of the molecule is CC1=CC=CC1.CCCCCCCCOC(=O)c1ccccc1C(=O)OCCCCCCCC.[Zn]. The first-order chi connectivity index (χ1) is 16.6. The maximum absolute atomic E-state index is 12.4. The average Bonchev–Trinajstić information content (AvgIpc) is 3.34. The van der Waals surface area contributed by atoms with Crippen LogP contribution in [-0.4, -0.2) is 25.2 Å². The number of ether oxygens (including phenoxy) is 2. The van der Waals surface area contributed by atoms with E-state index in [9.17, 15) is 9.59 Å². The largest absolute Gasteiger partial charge is 0.462 e. The molecule has 0 bridgehead atoms. The Morgan fingerprint density at radius 2 is 1.14 bits per heavy atom. The van der Waals surface area contributed by atoms with E-state index in [1.807, 2.05) is 0 Å². The molecule has 1 aromatic rings. The third kappa shape index (κ3) is 16.5. The number of carbonyl (C=O) groups is 2. The van der Waals surface area contributed by atoms with Crippen molar-refractivity contribution in [3.8, 4) is 0 Å². The van der Waals surface area contributed by atoms with Crippen LogP contribution in [0.2, 0.25) is 0 Å². The van der Waals surface area contributed by atoms with Crippen LogP contribution in [0.5, 0.6) is 0 Å². The first-order valence-corrected chi connectivity index (χ1v) is 13.4. The molecule has 1 aliphatic rings. The minimum Gasteiger partial charge on any atom is -0.462 e. The van der Waals surface area contributed by atoms with Gasteiger partial charge in [-0.1, -0.05) is 114 Å². The molecule has 2 rings (SSSR count). The van der Waals surface area contributed by atoms with Crippen LogP contribution < -0.4 is 0 Å². The third-order valence-electron chi connectivity index (χ3n) is 5.79. The van der Waals surface area contributed by atoms with Crippen LogP contribution in [0.4, 0.5) is 0 Å². The Morgan fingerprint density at radius 3 is 1.49 bits per heavy atom. The van der Waals surface area contributed by atoms with E-state index in [1.54, 1.807) is 24.3 Å². The van der Waals surface area contributed by atoms with Crippen molar-refractivity contribution in [3.63, 3.8) is 0 Å². The van der Waals surface area contributed by atoms with E-state index in [0.717, 1.165) is 25.7 Å². The summed E-state index contributed by atoms with van der Waals surface area (Å²) < 4.78 is 10.7. The second-order valence-corrected chi connectivity index (χ2v) is 9.00. The molecule has 0 radical (unpaired) electrons. The maximum Gasteiger partial charge on any atom is 0.339 e. The smallest absolute Gasteiger partial charge is 0.339 e. The molecule has 0 saturated carbocycles. The Hall–Kier alpha value is -1.74. The Morgan fingerprint density at radius 1 is 0.714 bits per heavy atom. The van der Waals surface area contributed by atoms with E-state index in [4.69, 9.17) is 9.47 Å².